The fraction of sp³-hybridized carbons (Fsp3) is 0.774. The van der Waals surface area contributed by atoms with Crippen LogP contribution in [0.2, 0.25) is 0 Å². The van der Waals surface area contributed by atoms with Crippen molar-refractivity contribution in [2.45, 2.75) is 122 Å². The first-order valence-corrected chi connectivity index (χ1v) is 16.7. The molecule has 43 heavy (non-hydrogen) atoms. The Labute approximate surface area is 258 Å². The maximum absolute atomic E-state index is 12.4. The number of ketones is 1. The van der Waals surface area contributed by atoms with Crippen LogP contribution in [0.15, 0.2) is 25.3 Å². The average Bonchev–Trinajstić information content (AvgIpc) is 2.99. The van der Waals surface area contributed by atoms with Gasteiger partial charge in [0.2, 0.25) is 0 Å². The Morgan fingerprint density at radius 3 is 1.79 bits per heavy atom. The Hall–Kier alpha value is -2.01. The number of esters is 2. The molecular formula is C31H54O11P+. The minimum Gasteiger partial charge on any atom is -0.462 e. The molecule has 11 nitrogen and oxygen atoms in total. The summed E-state index contributed by atoms with van der Waals surface area (Å²) in [4.78, 5) is 50.4. The van der Waals surface area contributed by atoms with E-state index in [-0.39, 0.29) is 44.9 Å². The van der Waals surface area contributed by atoms with Gasteiger partial charge in [-0.05, 0) is 51.4 Å². The Morgan fingerprint density at radius 1 is 0.674 bits per heavy atom. The Balaban J connectivity index is 4.41. The number of carbonyl (C=O) groups excluding carboxylic acids is 3. The van der Waals surface area contributed by atoms with Crippen LogP contribution in [0.25, 0.3) is 0 Å². The highest BCUT2D eigenvalue weighted by molar-refractivity contribution is 7.33. The number of hydrogen-bond acceptors (Lipinski definition) is 11. The molecule has 0 aromatic rings. The van der Waals surface area contributed by atoms with E-state index in [1.54, 1.807) is 0 Å². The van der Waals surface area contributed by atoms with Gasteiger partial charge in [-0.15, -0.1) is 17.7 Å². The lowest BCUT2D eigenvalue weighted by molar-refractivity contribution is -0.272. The predicted molar refractivity (Wildman–Crippen MR) is 163 cm³/mol. The first-order chi connectivity index (χ1) is 20.9. The lowest BCUT2D eigenvalue weighted by atomic mass is 10.1. The summed E-state index contributed by atoms with van der Waals surface area (Å²) in [6.07, 6.45) is 16.6. The second kappa shape index (κ2) is 31.4. The molecule has 0 aromatic heterocycles. The minimum absolute atomic E-state index is 0.0411. The molecule has 12 heteroatoms. The highest BCUT2D eigenvalue weighted by Gasteiger charge is 2.28. The predicted octanol–water partition coefficient (Wildman–Crippen LogP) is 7.60. The zero-order valence-corrected chi connectivity index (χ0v) is 27.0. The van der Waals surface area contributed by atoms with Crippen molar-refractivity contribution < 1.29 is 52.3 Å². The van der Waals surface area contributed by atoms with Gasteiger partial charge in [0.25, 0.3) is 0 Å². The fourth-order valence-corrected chi connectivity index (χ4v) is 4.40. The summed E-state index contributed by atoms with van der Waals surface area (Å²) in [6, 6.07) is 0. The number of Topliss-reactive ketones (excluding diaryl/α,β-unsaturated/α-hetero) is 1. The number of carbonyl (C=O) groups is 3. The van der Waals surface area contributed by atoms with Crippen molar-refractivity contribution in [1.29, 1.82) is 0 Å². The molecule has 0 bridgehead atoms. The molecule has 0 rings (SSSR count). The molecule has 248 valence electrons. The molecular weight excluding hydrogens is 579 g/mol. The van der Waals surface area contributed by atoms with Crippen LogP contribution in [-0.4, -0.2) is 57.4 Å². The first-order valence-electron chi connectivity index (χ1n) is 15.6. The van der Waals surface area contributed by atoms with Crippen LogP contribution >= 0.6 is 8.25 Å². The molecule has 0 saturated heterocycles. The molecule has 0 fully saturated rings. The molecule has 0 aliphatic heterocycles. The molecule has 0 heterocycles. The zero-order chi connectivity index (χ0) is 31.8. The van der Waals surface area contributed by atoms with Gasteiger partial charge in [0.1, 0.15) is 19.0 Å². The summed E-state index contributed by atoms with van der Waals surface area (Å²) >= 11 is 0. The van der Waals surface area contributed by atoms with Gasteiger partial charge in [-0.2, -0.15) is 4.89 Å². The van der Waals surface area contributed by atoms with Crippen molar-refractivity contribution in [3.63, 3.8) is 0 Å². The van der Waals surface area contributed by atoms with Crippen molar-refractivity contribution in [3.05, 3.63) is 25.3 Å². The normalized spacial score (nSPS) is 12.0. The average molecular weight is 634 g/mol. The SMILES string of the molecule is C=CCCCCCCCC(=O)OCC(CO[P+](=O)OOCCCC(=O)CCCOOC)OC(=O)CCCCCCCC=C. The van der Waals surface area contributed by atoms with Gasteiger partial charge in [-0.1, -0.05) is 50.7 Å². The second-order valence-corrected chi connectivity index (χ2v) is 11.0. The number of hydrogen-bond donors (Lipinski definition) is 0. The number of unbranched alkanes of at least 4 members (excludes halogenated alkanes) is 10. The second-order valence-electron chi connectivity index (χ2n) is 10.1. The van der Waals surface area contributed by atoms with Gasteiger partial charge in [-0.3, -0.25) is 14.4 Å². The molecule has 0 saturated carbocycles. The number of allylic oxidation sites excluding steroid dienone is 2. The summed E-state index contributed by atoms with van der Waals surface area (Å²) < 4.78 is 32.7. The van der Waals surface area contributed by atoms with Crippen LogP contribution < -0.4 is 0 Å². The van der Waals surface area contributed by atoms with Crippen molar-refractivity contribution in [2.24, 2.45) is 0 Å². The summed E-state index contributed by atoms with van der Waals surface area (Å²) in [6.45, 7) is 7.29. The summed E-state index contributed by atoms with van der Waals surface area (Å²) in [5.41, 5.74) is 0. The highest BCUT2D eigenvalue weighted by atomic mass is 31.1. The van der Waals surface area contributed by atoms with Crippen molar-refractivity contribution in [1.82, 2.24) is 0 Å². The molecule has 2 atom stereocenters. The third kappa shape index (κ3) is 29.8. The molecule has 0 N–H and O–H groups in total. The van der Waals surface area contributed by atoms with Gasteiger partial charge in [-0.25, -0.2) is 9.78 Å². The van der Waals surface area contributed by atoms with E-state index in [2.05, 4.69) is 18.0 Å². The molecule has 0 radical (unpaired) electrons. The summed E-state index contributed by atoms with van der Waals surface area (Å²) in [7, 11) is -1.28. The van der Waals surface area contributed by atoms with E-state index in [9.17, 15) is 18.9 Å². The molecule has 0 aromatic carbocycles. The lowest BCUT2D eigenvalue weighted by Gasteiger charge is -2.15. The molecule has 0 aliphatic rings. The van der Waals surface area contributed by atoms with Crippen LogP contribution in [-0.2, 0) is 52.3 Å². The molecule has 0 amide bonds. The van der Waals surface area contributed by atoms with Crippen LogP contribution in [0.5, 0.6) is 0 Å². The smallest absolute Gasteiger partial charge is 0.462 e. The summed E-state index contributed by atoms with van der Waals surface area (Å²) in [5, 5.41) is 0. The van der Waals surface area contributed by atoms with Crippen molar-refractivity contribution in [2.75, 3.05) is 33.5 Å². The van der Waals surface area contributed by atoms with E-state index in [1.807, 2.05) is 12.2 Å². The maximum Gasteiger partial charge on any atom is 0.728 e. The van der Waals surface area contributed by atoms with Gasteiger partial charge in [0.15, 0.2) is 6.10 Å². The standard InChI is InChI=1S/C31H54O11P/c1-4-6-8-10-12-14-16-22-30(33)37-26-29(41-31(34)23-17-15-13-11-9-7-5-2)27-40-43(35)42-39-25-19-21-28(32)20-18-24-38-36-3/h4-5,29H,1-2,6-27H2,3H3/q+1. The number of rotatable bonds is 33. The highest BCUT2D eigenvalue weighted by Crippen LogP contribution is 2.25. The van der Waals surface area contributed by atoms with E-state index in [1.165, 1.54) is 7.11 Å². The van der Waals surface area contributed by atoms with Gasteiger partial charge in [0.05, 0.1) is 25.0 Å². The van der Waals surface area contributed by atoms with Crippen LogP contribution in [0.3, 0.4) is 0 Å². The number of ether oxygens (including phenoxy) is 2. The van der Waals surface area contributed by atoms with Crippen LogP contribution in [0, 0.1) is 0 Å². The van der Waals surface area contributed by atoms with E-state index < -0.39 is 26.3 Å². The maximum atomic E-state index is 12.4. The quantitative estimate of drug-likeness (QED) is 0.0177. The van der Waals surface area contributed by atoms with Crippen LogP contribution in [0.1, 0.15) is 116 Å². The van der Waals surface area contributed by atoms with E-state index >= 15 is 0 Å². The Morgan fingerprint density at radius 2 is 1.21 bits per heavy atom. The molecule has 2 unspecified atom stereocenters. The van der Waals surface area contributed by atoms with Crippen molar-refractivity contribution >= 4 is 26.0 Å². The largest absolute Gasteiger partial charge is 0.728 e. The summed E-state index contributed by atoms with van der Waals surface area (Å²) in [5.74, 6) is -0.795. The monoisotopic (exact) mass is 633 g/mol. The third-order valence-electron chi connectivity index (χ3n) is 6.27. The van der Waals surface area contributed by atoms with Gasteiger partial charge < -0.3 is 9.47 Å². The third-order valence-corrected chi connectivity index (χ3v) is 6.86. The minimum atomic E-state index is -2.68. The van der Waals surface area contributed by atoms with Crippen LogP contribution in [0.4, 0.5) is 0 Å². The lowest BCUT2D eigenvalue weighted by Crippen LogP contribution is -2.29. The Kier molecular flexibility index (Phi) is 29.9. The Bertz CT molecular complexity index is 760. The molecule has 0 spiro atoms. The zero-order valence-electron chi connectivity index (χ0n) is 26.1. The molecule has 0 aliphatic carbocycles. The van der Waals surface area contributed by atoms with Gasteiger partial charge in [0, 0.05) is 30.2 Å². The topological polar surface area (TPSA) is 133 Å². The fourth-order valence-electron chi connectivity index (χ4n) is 3.91. The van der Waals surface area contributed by atoms with E-state index in [0.717, 1.165) is 64.2 Å². The van der Waals surface area contributed by atoms with Gasteiger partial charge >= 0.3 is 20.2 Å². The van der Waals surface area contributed by atoms with E-state index in [0.29, 0.717) is 38.7 Å². The van der Waals surface area contributed by atoms with Crippen molar-refractivity contribution in [3.8, 4) is 0 Å². The van der Waals surface area contributed by atoms with E-state index in [4.69, 9.17) is 28.4 Å². The first kappa shape index (κ1) is 41.0.